The van der Waals surface area contributed by atoms with Crippen molar-refractivity contribution >= 4 is 5.91 Å². The predicted octanol–water partition coefficient (Wildman–Crippen LogP) is 3.14. The van der Waals surface area contributed by atoms with Crippen LogP contribution in [0.1, 0.15) is 31.7 Å². The zero-order valence-corrected chi connectivity index (χ0v) is 10.8. The number of hydrogen-bond acceptors (Lipinski definition) is 1. The molecule has 0 bridgehead atoms. The van der Waals surface area contributed by atoms with E-state index in [2.05, 4.69) is 25.1 Å². The van der Waals surface area contributed by atoms with Crippen LogP contribution in [-0.2, 0) is 11.3 Å². The Balaban J connectivity index is 1.83. The van der Waals surface area contributed by atoms with E-state index in [1.54, 1.807) is 0 Å². The third-order valence-electron chi connectivity index (χ3n) is 4.13. The molecule has 1 aliphatic heterocycles. The third-order valence-corrected chi connectivity index (χ3v) is 4.13. The molecule has 1 amide bonds. The first-order valence-corrected chi connectivity index (χ1v) is 6.80. The number of carbonyl (C=O) groups excluding carboxylic acids is 1. The molecule has 1 fully saturated rings. The Morgan fingerprint density at radius 3 is 2.83 bits per heavy atom. The van der Waals surface area contributed by atoms with E-state index in [1.807, 2.05) is 23.1 Å². The SMILES string of the molecule is C[C@H]1C=C2CCC[C@@H]2C(=O)N1Cc1ccccc1. The topological polar surface area (TPSA) is 20.3 Å². The van der Waals surface area contributed by atoms with E-state index in [9.17, 15) is 4.79 Å². The molecule has 0 unspecified atom stereocenters. The number of nitrogens with zero attached hydrogens (tertiary/aromatic N) is 1. The summed E-state index contributed by atoms with van der Waals surface area (Å²) >= 11 is 0. The Bertz CT molecular complexity index is 477. The third kappa shape index (κ3) is 1.96. The van der Waals surface area contributed by atoms with Gasteiger partial charge in [-0.1, -0.05) is 42.0 Å². The average Bonchev–Trinajstić information content (AvgIpc) is 2.84. The highest BCUT2D eigenvalue weighted by molar-refractivity contribution is 5.84. The van der Waals surface area contributed by atoms with Gasteiger partial charge in [0.2, 0.25) is 5.91 Å². The van der Waals surface area contributed by atoms with Gasteiger partial charge in [-0.3, -0.25) is 4.79 Å². The van der Waals surface area contributed by atoms with Gasteiger partial charge in [0.15, 0.2) is 0 Å². The molecule has 0 spiro atoms. The molecule has 3 rings (SSSR count). The van der Waals surface area contributed by atoms with Crippen LogP contribution in [0.3, 0.4) is 0 Å². The van der Waals surface area contributed by atoms with Gasteiger partial charge in [-0.05, 0) is 31.7 Å². The smallest absolute Gasteiger partial charge is 0.230 e. The summed E-state index contributed by atoms with van der Waals surface area (Å²) in [6, 6.07) is 10.5. The van der Waals surface area contributed by atoms with Gasteiger partial charge in [0.05, 0.1) is 5.92 Å². The molecule has 1 heterocycles. The minimum absolute atomic E-state index is 0.185. The van der Waals surface area contributed by atoms with Gasteiger partial charge in [0.25, 0.3) is 0 Å². The Labute approximate surface area is 108 Å². The summed E-state index contributed by atoms with van der Waals surface area (Å²) in [6.07, 6.45) is 5.65. The molecule has 0 saturated heterocycles. The lowest BCUT2D eigenvalue weighted by Crippen LogP contribution is -2.44. The number of carbonyl (C=O) groups is 1. The maximum absolute atomic E-state index is 12.5. The van der Waals surface area contributed by atoms with E-state index in [4.69, 9.17) is 0 Å². The van der Waals surface area contributed by atoms with Crippen LogP contribution in [0.5, 0.6) is 0 Å². The van der Waals surface area contributed by atoms with Crippen LogP contribution in [0.15, 0.2) is 42.0 Å². The minimum Gasteiger partial charge on any atom is -0.332 e. The standard InChI is InChI=1S/C16H19NO/c1-12-10-14-8-5-9-15(14)16(18)17(12)11-13-6-3-2-4-7-13/h2-4,6-7,10,12,15H,5,8-9,11H2,1H3/t12-,15-/m0/s1. The lowest BCUT2D eigenvalue weighted by Gasteiger charge is -2.35. The van der Waals surface area contributed by atoms with Crippen molar-refractivity contribution in [3.8, 4) is 0 Å². The fourth-order valence-electron chi connectivity index (χ4n) is 3.15. The summed E-state index contributed by atoms with van der Waals surface area (Å²) in [5, 5.41) is 0. The van der Waals surface area contributed by atoms with E-state index in [-0.39, 0.29) is 12.0 Å². The molecule has 0 aromatic heterocycles. The first kappa shape index (κ1) is 11.5. The van der Waals surface area contributed by atoms with Gasteiger partial charge in [-0.2, -0.15) is 0 Å². The number of amides is 1. The molecule has 1 aromatic rings. The number of rotatable bonds is 2. The first-order chi connectivity index (χ1) is 8.75. The summed E-state index contributed by atoms with van der Waals surface area (Å²) in [5.74, 6) is 0.520. The maximum atomic E-state index is 12.5. The zero-order chi connectivity index (χ0) is 12.5. The van der Waals surface area contributed by atoms with E-state index < -0.39 is 0 Å². The summed E-state index contributed by atoms with van der Waals surface area (Å²) in [7, 11) is 0. The van der Waals surface area contributed by atoms with Crippen LogP contribution in [0.2, 0.25) is 0 Å². The summed E-state index contributed by atoms with van der Waals surface area (Å²) in [6.45, 7) is 2.86. The fourth-order valence-corrected chi connectivity index (χ4v) is 3.15. The lowest BCUT2D eigenvalue weighted by atomic mass is 9.93. The molecule has 18 heavy (non-hydrogen) atoms. The predicted molar refractivity (Wildman–Crippen MR) is 71.9 cm³/mol. The highest BCUT2D eigenvalue weighted by atomic mass is 16.2. The second-order valence-electron chi connectivity index (χ2n) is 5.38. The molecule has 2 aliphatic rings. The second kappa shape index (κ2) is 4.60. The summed E-state index contributed by atoms with van der Waals surface area (Å²) in [5.41, 5.74) is 2.60. The van der Waals surface area contributed by atoms with Gasteiger partial charge in [-0.25, -0.2) is 0 Å². The van der Waals surface area contributed by atoms with Gasteiger partial charge in [0, 0.05) is 12.6 Å². The molecule has 0 N–H and O–H groups in total. The van der Waals surface area contributed by atoms with E-state index in [1.165, 1.54) is 17.6 Å². The zero-order valence-electron chi connectivity index (χ0n) is 10.8. The Morgan fingerprint density at radius 1 is 1.28 bits per heavy atom. The monoisotopic (exact) mass is 241 g/mol. The quantitative estimate of drug-likeness (QED) is 0.728. The van der Waals surface area contributed by atoms with Gasteiger partial charge >= 0.3 is 0 Å². The first-order valence-electron chi connectivity index (χ1n) is 6.80. The van der Waals surface area contributed by atoms with Crippen molar-refractivity contribution in [1.82, 2.24) is 4.90 Å². The maximum Gasteiger partial charge on any atom is 0.230 e. The molecule has 1 aromatic carbocycles. The molecule has 94 valence electrons. The Morgan fingerprint density at radius 2 is 2.06 bits per heavy atom. The van der Waals surface area contributed by atoms with Crippen LogP contribution >= 0.6 is 0 Å². The van der Waals surface area contributed by atoms with Crippen molar-refractivity contribution in [2.75, 3.05) is 0 Å². The van der Waals surface area contributed by atoms with Crippen molar-refractivity contribution < 1.29 is 4.79 Å². The fraction of sp³-hybridized carbons (Fsp3) is 0.438. The number of fused-ring (bicyclic) bond motifs is 1. The molecular weight excluding hydrogens is 222 g/mol. The Hall–Kier alpha value is -1.57. The molecule has 1 aliphatic carbocycles. The van der Waals surface area contributed by atoms with Crippen LogP contribution < -0.4 is 0 Å². The van der Waals surface area contributed by atoms with E-state index in [0.29, 0.717) is 5.91 Å². The average molecular weight is 241 g/mol. The van der Waals surface area contributed by atoms with Crippen LogP contribution in [0.4, 0.5) is 0 Å². The van der Waals surface area contributed by atoms with Gasteiger partial charge < -0.3 is 4.90 Å². The molecule has 2 atom stereocenters. The highest BCUT2D eigenvalue weighted by Gasteiger charge is 2.36. The van der Waals surface area contributed by atoms with Crippen LogP contribution in [0.25, 0.3) is 0 Å². The molecular formula is C16H19NO. The Kier molecular flexibility index (Phi) is 2.94. The number of hydrogen-bond donors (Lipinski definition) is 0. The highest BCUT2D eigenvalue weighted by Crippen LogP contribution is 2.37. The summed E-state index contributed by atoms with van der Waals surface area (Å²) in [4.78, 5) is 14.5. The second-order valence-corrected chi connectivity index (χ2v) is 5.38. The normalized spacial score (nSPS) is 27.1. The summed E-state index contributed by atoms with van der Waals surface area (Å²) < 4.78 is 0. The van der Waals surface area contributed by atoms with Crippen molar-refractivity contribution in [2.45, 2.75) is 38.8 Å². The van der Waals surface area contributed by atoms with Crippen molar-refractivity contribution in [3.05, 3.63) is 47.5 Å². The van der Waals surface area contributed by atoms with Gasteiger partial charge in [0.1, 0.15) is 0 Å². The van der Waals surface area contributed by atoms with Crippen molar-refractivity contribution in [1.29, 1.82) is 0 Å². The molecule has 0 radical (unpaired) electrons. The number of benzene rings is 1. The lowest BCUT2D eigenvalue weighted by molar-refractivity contribution is -0.136. The van der Waals surface area contributed by atoms with E-state index >= 15 is 0 Å². The molecule has 2 heteroatoms. The largest absolute Gasteiger partial charge is 0.332 e. The minimum atomic E-state index is 0.185. The molecule has 2 nitrogen and oxygen atoms in total. The molecule has 1 saturated carbocycles. The van der Waals surface area contributed by atoms with E-state index in [0.717, 1.165) is 19.4 Å². The van der Waals surface area contributed by atoms with Gasteiger partial charge in [-0.15, -0.1) is 0 Å². The van der Waals surface area contributed by atoms with Crippen LogP contribution in [0, 0.1) is 5.92 Å². The van der Waals surface area contributed by atoms with Crippen molar-refractivity contribution in [3.63, 3.8) is 0 Å². The van der Waals surface area contributed by atoms with Crippen LogP contribution in [-0.4, -0.2) is 16.8 Å². The van der Waals surface area contributed by atoms with Crippen molar-refractivity contribution in [2.24, 2.45) is 5.92 Å².